The first-order valence-electron chi connectivity index (χ1n) is 14.5. The molecule has 1 fully saturated rings. The van der Waals surface area contributed by atoms with Gasteiger partial charge in [-0.15, -0.1) is 0 Å². The highest BCUT2D eigenvalue weighted by Gasteiger charge is 2.43. The molecule has 5 rings (SSSR count). The molecule has 0 bridgehead atoms. The Morgan fingerprint density at radius 1 is 1.09 bits per heavy atom. The van der Waals surface area contributed by atoms with Gasteiger partial charge >= 0.3 is 6.11 Å². The SMILES string of the molecule is COc1nc(Cc2ncc(F)c(-c3cc(F)c4c(c3)N(C(C)C)CC(F)(F)O4)n2)ccc1C1CCN(CCN(C)C)CC1. The van der Waals surface area contributed by atoms with E-state index in [1.807, 2.05) is 12.1 Å². The number of aromatic nitrogens is 3. The number of rotatable bonds is 9. The fraction of sp³-hybridized carbons (Fsp3) is 0.516. The largest absolute Gasteiger partial charge is 0.481 e. The van der Waals surface area contributed by atoms with Crippen LogP contribution in [-0.4, -0.2) is 90.8 Å². The summed E-state index contributed by atoms with van der Waals surface area (Å²) in [5.41, 5.74) is 1.76. The summed E-state index contributed by atoms with van der Waals surface area (Å²) in [5, 5.41) is 0. The molecule has 0 amide bonds. The number of nitrogens with zero attached hydrogens (tertiary/aromatic N) is 6. The quantitative estimate of drug-likeness (QED) is 0.304. The van der Waals surface area contributed by atoms with Gasteiger partial charge in [-0.25, -0.2) is 23.7 Å². The number of piperidine rings is 1. The predicted octanol–water partition coefficient (Wildman–Crippen LogP) is 5.36. The molecule has 0 unspecified atom stereocenters. The van der Waals surface area contributed by atoms with Crippen LogP contribution in [0.2, 0.25) is 0 Å². The van der Waals surface area contributed by atoms with Crippen molar-refractivity contribution >= 4 is 5.69 Å². The number of methoxy groups -OCH3 is 1. The number of hydrogen-bond acceptors (Lipinski definition) is 8. The van der Waals surface area contributed by atoms with Gasteiger partial charge in [-0.2, -0.15) is 8.78 Å². The van der Waals surface area contributed by atoms with Crippen LogP contribution in [-0.2, 0) is 6.42 Å². The molecular weight excluding hydrogens is 564 g/mol. The number of halogens is 4. The Labute approximate surface area is 249 Å². The monoisotopic (exact) mass is 602 g/mol. The maximum Gasteiger partial charge on any atom is 0.416 e. The standard InChI is InChI=1S/C31H38F4N6O2/c1-19(2)41-18-31(34,35)43-29-24(32)14-21(15-26(29)41)28-25(33)17-36-27(38-28)16-22-6-7-23(30(37-22)42-5)20-8-10-40(11-9-20)13-12-39(3)4/h6-7,14-15,17,19-20H,8-13,16,18H2,1-5H3. The summed E-state index contributed by atoms with van der Waals surface area (Å²) < 4.78 is 68.6. The number of pyridine rings is 1. The Morgan fingerprint density at radius 2 is 1.84 bits per heavy atom. The minimum atomic E-state index is -3.56. The zero-order chi connectivity index (χ0) is 30.9. The first-order valence-corrected chi connectivity index (χ1v) is 14.5. The molecule has 1 saturated heterocycles. The number of hydrogen-bond donors (Lipinski definition) is 0. The van der Waals surface area contributed by atoms with Crippen LogP contribution in [0, 0.1) is 11.6 Å². The van der Waals surface area contributed by atoms with Crippen LogP contribution in [0.25, 0.3) is 11.3 Å². The predicted molar refractivity (Wildman–Crippen MR) is 156 cm³/mol. The highest BCUT2D eigenvalue weighted by molar-refractivity contribution is 5.72. The average Bonchev–Trinajstić information content (AvgIpc) is 2.97. The molecule has 4 heterocycles. The molecule has 2 aromatic heterocycles. The number of likely N-dealkylation sites (tertiary alicyclic amines) is 1. The molecule has 0 saturated carbocycles. The summed E-state index contributed by atoms with van der Waals surface area (Å²) >= 11 is 0. The van der Waals surface area contributed by atoms with Crippen molar-refractivity contribution in [2.45, 2.75) is 51.2 Å². The fourth-order valence-corrected chi connectivity index (χ4v) is 5.68. The van der Waals surface area contributed by atoms with Crippen LogP contribution in [0.15, 0.2) is 30.5 Å². The van der Waals surface area contributed by atoms with E-state index in [2.05, 4.69) is 38.6 Å². The molecule has 0 aliphatic carbocycles. The zero-order valence-electron chi connectivity index (χ0n) is 25.2. The van der Waals surface area contributed by atoms with Crippen LogP contribution in [0.3, 0.4) is 0 Å². The Kier molecular flexibility index (Phi) is 9.07. The third kappa shape index (κ3) is 7.01. The highest BCUT2D eigenvalue weighted by atomic mass is 19.3. The van der Waals surface area contributed by atoms with E-state index < -0.39 is 30.0 Å². The molecule has 0 atom stereocenters. The molecule has 8 nitrogen and oxygen atoms in total. The highest BCUT2D eigenvalue weighted by Crippen LogP contribution is 2.44. The maximum atomic E-state index is 15.1. The Morgan fingerprint density at radius 3 is 2.51 bits per heavy atom. The minimum Gasteiger partial charge on any atom is -0.481 e. The first-order chi connectivity index (χ1) is 20.4. The van der Waals surface area contributed by atoms with Crippen molar-refractivity contribution in [3.05, 3.63) is 59.2 Å². The summed E-state index contributed by atoms with van der Waals surface area (Å²) in [6, 6.07) is 5.93. The lowest BCUT2D eigenvalue weighted by Crippen LogP contribution is -2.48. The molecule has 1 aromatic carbocycles. The summed E-state index contributed by atoms with van der Waals surface area (Å²) in [6.07, 6.45) is -0.309. The molecule has 3 aromatic rings. The van der Waals surface area contributed by atoms with Crippen LogP contribution in [0.5, 0.6) is 11.6 Å². The van der Waals surface area contributed by atoms with Gasteiger partial charge in [0.05, 0.1) is 31.1 Å². The van der Waals surface area contributed by atoms with Gasteiger partial charge in [0.25, 0.3) is 0 Å². The van der Waals surface area contributed by atoms with Gasteiger partial charge in [0.1, 0.15) is 18.1 Å². The summed E-state index contributed by atoms with van der Waals surface area (Å²) in [5.74, 6) is -1.20. The van der Waals surface area contributed by atoms with E-state index in [9.17, 15) is 13.2 Å². The van der Waals surface area contributed by atoms with Crippen molar-refractivity contribution in [1.82, 2.24) is 24.8 Å². The van der Waals surface area contributed by atoms with Gasteiger partial charge in [-0.05, 0) is 78.0 Å². The van der Waals surface area contributed by atoms with Gasteiger partial charge in [-0.1, -0.05) is 6.07 Å². The Balaban J connectivity index is 1.36. The van der Waals surface area contributed by atoms with E-state index in [0.717, 1.165) is 56.8 Å². The lowest BCUT2D eigenvalue weighted by Gasteiger charge is -2.38. The number of anilines is 1. The van der Waals surface area contributed by atoms with Crippen molar-refractivity contribution in [3.63, 3.8) is 0 Å². The molecule has 0 N–H and O–H groups in total. The number of ether oxygens (including phenoxy) is 2. The fourth-order valence-electron chi connectivity index (χ4n) is 5.68. The topological polar surface area (TPSA) is 66.9 Å². The van der Waals surface area contributed by atoms with Crippen LogP contribution >= 0.6 is 0 Å². The average molecular weight is 603 g/mol. The third-order valence-electron chi connectivity index (χ3n) is 8.00. The molecule has 12 heteroatoms. The van der Waals surface area contributed by atoms with Crippen LogP contribution in [0.4, 0.5) is 23.2 Å². The lowest BCUT2D eigenvalue weighted by atomic mass is 9.89. The number of benzene rings is 1. The Bertz CT molecular complexity index is 1450. The molecule has 232 valence electrons. The van der Waals surface area contributed by atoms with Crippen molar-refractivity contribution in [3.8, 4) is 22.9 Å². The smallest absolute Gasteiger partial charge is 0.416 e. The number of alkyl halides is 2. The molecule has 43 heavy (non-hydrogen) atoms. The summed E-state index contributed by atoms with van der Waals surface area (Å²) in [4.78, 5) is 19.2. The van der Waals surface area contributed by atoms with Gasteiger partial charge in [0.15, 0.2) is 17.4 Å². The second kappa shape index (κ2) is 12.6. The van der Waals surface area contributed by atoms with Gasteiger partial charge in [-0.3, -0.25) is 0 Å². The number of likely N-dealkylation sites (N-methyl/N-ethyl adjacent to an activating group) is 1. The van der Waals surface area contributed by atoms with Crippen LogP contribution < -0.4 is 14.4 Å². The molecule has 2 aliphatic heterocycles. The van der Waals surface area contributed by atoms with Gasteiger partial charge in [0, 0.05) is 30.3 Å². The van der Waals surface area contributed by atoms with E-state index in [-0.39, 0.29) is 35.2 Å². The molecule has 0 spiro atoms. The first kappa shape index (κ1) is 30.9. The van der Waals surface area contributed by atoms with E-state index >= 15 is 4.39 Å². The maximum absolute atomic E-state index is 15.1. The number of fused-ring (bicyclic) bond motifs is 1. The minimum absolute atomic E-state index is 0.0923. The van der Waals surface area contributed by atoms with E-state index in [4.69, 9.17) is 9.72 Å². The van der Waals surface area contributed by atoms with Gasteiger partial charge in [0.2, 0.25) is 5.88 Å². The molecule has 2 aliphatic rings. The van der Waals surface area contributed by atoms with E-state index in [1.165, 1.54) is 11.0 Å². The normalized spacial score (nSPS) is 17.3. The zero-order valence-corrected chi connectivity index (χ0v) is 25.2. The summed E-state index contributed by atoms with van der Waals surface area (Å²) in [6.45, 7) is 6.78. The van der Waals surface area contributed by atoms with E-state index in [1.54, 1.807) is 21.0 Å². The van der Waals surface area contributed by atoms with E-state index in [0.29, 0.717) is 17.5 Å². The molecule has 0 radical (unpaired) electrons. The van der Waals surface area contributed by atoms with Crippen molar-refractivity contribution in [2.75, 3.05) is 58.8 Å². The third-order valence-corrected chi connectivity index (χ3v) is 8.00. The lowest BCUT2D eigenvalue weighted by molar-refractivity contribution is -0.174. The van der Waals surface area contributed by atoms with Crippen LogP contribution in [0.1, 0.15) is 49.7 Å². The Hall–Kier alpha value is -3.51. The molecular formula is C31H38F4N6O2. The second-order valence-electron chi connectivity index (χ2n) is 11.7. The van der Waals surface area contributed by atoms with Crippen molar-refractivity contribution < 1.29 is 27.0 Å². The van der Waals surface area contributed by atoms with Crippen molar-refractivity contribution in [1.29, 1.82) is 0 Å². The summed E-state index contributed by atoms with van der Waals surface area (Å²) in [7, 11) is 5.76. The second-order valence-corrected chi connectivity index (χ2v) is 11.7. The van der Waals surface area contributed by atoms with Crippen molar-refractivity contribution in [2.24, 2.45) is 0 Å². The van der Waals surface area contributed by atoms with Gasteiger partial charge < -0.3 is 24.2 Å².